The summed E-state index contributed by atoms with van der Waals surface area (Å²) in [7, 11) is 0. The maximum Gasteiger partial charge on any atom is 0.142 e. The predicted octanol–water partition coefficient (Wildman–Crippen LogP) is 3.95. The number of aliphatic hydroxyl groups is 1. The first-order valence-corrected chi connectivity index (χ1v) is 8.23. The van der Waals surface area contributed by atoms with Gasteiger partial charge in [-0.3, -0.25) is 0 Å². The molecule has 0 fully saturated rings. The van der Waals surface area contributed by atoms with Crippen LogP contribution in [0.5, 0.6) is 5.75 Å². The molecule has 1 atom stereocenters. The molecule has 0 radical (unpaired) electrons. The van der Waals surface area contributed by atoms with Crippen LogP contribution < -0.4 is 4.74 Å². The Morgan fingerprint density at radius 2 is 1.96 bits per heavy atom. The van der Waals surface area contributed by atoms with Gasteiger partial charge in [-0.05, 0) is 29.7 Å². The van der Waals surface area contributed by atoms with Gasteiger partial charge in [0.2, 0.25) is 0 Å². The highest BCUT2D eigenvalue weighted by Crippen LogP contribution is 2.25. The first kappa shape index (κ1) is 16.3. The summed E-state index contributed by atoms with van der Waals surface area (Å²) in [5.74, 6) is 1.40. The largest absolute Gasteiger partial charge is 0.489 e. The van der Waals surface area contributed by atoms with Crippen molar-refractivity contribution in [1.29, 1.82) is 0 Å². The van der Waals surface area contributed by atoms with E-state index < -0.39 is 6.10 Å². The van der Waals surface area contributed by atoms with Gasteiger partial charge in [-0.15, -0.1) is 0 Å². The van der Waals surface area contributed by atoms with Crippen molar-refractivity contribution in [3.63, 3.8) is 0 Å². The molecule has 3 rings (SSSR count). The zero-order valence-electron chi connectivity index (χ0n) is 13.8. The Morgan fingerprint density at radius 1 is 1.12 bits per heavy atom. The van der Waals surface area contributed by atoms with Gasteiger partial charge in [-0.1, -0.05) is 49.4 Å². The summed E-state index contributed by atoms with van der Waals surface area (Å²) in [4.78, 5) is 4.31. The second kappa shape index (κ2) is 7.79. The van der Waals surface area contributed by atoms with E-state index in [0.29, 0.717) is 12.4 Å². The van der Waals surface area contributed by atoms with Crippen molar-refractivity contribution >= 4 is 0 Å². The maximum atomic E-state index is 10.7. The summed E-state index contributed by atoms with van der Waals surface area (Å²) in [5, 5.41) is 10.7. The van der Waals surface area contributed by atoms with E-state index in [9.17, 15) is 5.11 Å². The van der Waals surface area contributed by atoms with Gasteiger partial charge in [-0.25, -0.2) is 4.98 Å². The Morgan fingerprint density at radius 3 is 2.75 bits per heavy atom. The fourth-order valence-electron chi connectivity index (χ4n) is 2.66. The fraction of sp³-hybridized carbons (Fsp3) is 0.250. The molecule has 2 aromatic carbocycles. The van der Waals surface area contributed by atoms with Crippen LogP contribution in [0, 0.1) is 0 Å². The second-order valence-corrected chi connectivity index (χ2v) is 5.73. The first-order valence-electron chi connectivity index (χ1n) is 8.23. The lowest BCUT2D eigenvalue weighted by molar-refractivity contribution is 0.203. The van der Waals surface area contributed by atoms with Crippen molar-refractivity contribution in [3.05, 3.63) is 83.9 Å². The summed E-state index contributed by atoms with van der Waals surface area (Å²) in [6, 6.07) is 17.6. The summed E-state index contributed by atoms with van der Waals surface area (Å²) in [5.41, 5.74) is 1.89. The molecule has 0 aliphatic carbocycles. The van der Waals surface area contributed by atoms with Crippen LogP contribution in [0.3, 0.4) is 0 Å². The number of imidazole rings is 1. The smallest absolute Gasteiger partial charge is 0.142 e. The van der Waals surface area contributed by atoms with E-state index in [2.05, 4.69) is 11.9 Å². The van der Waals surface area contributed by atoms with Crippen LogP contribution in [0.2, 0.25) is 0 Å². The topological polar surface area (TPSA) is 47.3 Å². The van der Waals surface area contributed by atoms with Gasteiger partial charge < -0.3 is 14.4 Å². The van der Waals surface area contributed by atoms with Crippen molar-refractivity contribution in [1.82, 2.24) is 9.55 Å². The van der Waals surface area contributed by atoms with Crippen LogP contribution >= 0.6 is 0 Å². The molecule has 0 aliphatic heterocycles. The van der Waals surface area contributed by atoms with E-state index in [0.717, 1.165) is 29.8 Å². The van der Waals surface area contributed by atoms with Gasteiger partial charge in [0.15, 0.2) is 0 Å². The molecule has 1 aromatic heterocycles. The first-order chi connectivity index (χ1) is 11.8. The van der Waals surface area contributed by atoms with Crippen LogP contribution in [0.25, 0.3) is 0 Å². The number of aliphatic hydroxyl groups excluding tert-OH is 1. The minimum absolute atomic E-state index is 0.505. The van der Waals surface area contributed by atoms with Crippen molar-refractivity contribution in [2.24, 2.45) is 0 Å². The predicted molar refractivity (Wildman–Crippen MR) is 93.8 cm³/mol. The number of benzene rings is 2. The monoisotopic (exact) mass is 322 g/mol. The van der Waals surface area contributed by atoms with Crippen molar-refractivity contribution in [2.75, 3.05) is 0 Å². The molecule has 0 aliphatic rings. The lowest BCUT2D eigenvalue weighted by Gasteiger charge is -2.14. The van der Waals surface area contributed by atoms with Gasteiger partial charge in [-0.2, -0.15) is 0 Å². The minimum atomic E-state index is -0.758. The Kier molecular flexibility index (Phi) is 5.29. The number of hydrogen-bond acceptors (Lipinski definition) is 3. The van der Waals surface area contributed by atoms with Crippen molar-refractivity contribution in [2.45, 2.75) is 32.6 Å². The zero-order chi connectivity index (χ0) is 16.8. The minimum Gasteiger partial charge on any atom is -0.489 e. The lowest BCUT2D eigenvalue weighted by Crippen LogP contribution is -2.09. The molecule has 0 saturated carbocycles. The second-order valence-electron chi connectivity index (χ2n) is 5.73. The molecule has 0 bridgehead atoms. The molecule has 1 unspecified atom stereocenters. The molecule has 124 valence electrons. The van der Waals surface area contributed by atoms with Crippen LogP contribution in [0.4, 0.5) is 0 Å². The molecule has 1 heterocycles. The molecule has 0 amide bonds. The van der Waals surface area contributed by atoms with E-state index in [1.54, 1.807) is 6.20 Å². The Bertz CT molecular complexity index is 768. The average molecular weight is 322 g/mol. The van der Waals surface area contributed by atoms with Crippen LogP contribution in [-0.2, 0) is 13.2 Å². The van der Waals surface area contributed by atoms with Gasteiger partial charge in [0.05, 0.1) is 0 Å². The number of hydrogen-bond donors (Lipinski definition) is 1. The van der Waals surface area contributed by atoms with Crippen LogP contribution in [0.15, 0.2) is 67.0 Å². The highest BCUT2D eigenvalue weighted by Gasteiger charge is 2.16. The molecule has 4 heteroatoms. The molecule has 3 aromatic rings. The maximum absolute atomic E-state index is 10.7. The molecular formula is C20H22N2O2. The molecular weight excluding hydrogens is 300 g/mol. The normalized spacial score (nSPS) is 12.1. The average Bonchev–Trinajstić information content (AvgIpc) is 3.09. The summed E-state index contributed by atoms with van der Waals surface area (Å²) in [6.45, 7) is 3.45. The van der Waals surface area contributed by atoms with Gasteiger partial charge in [0.25, 0.3) is 0 Å². The standard InChI is InChI=1S/C20H22N2O2/c1-2-12-22-13-11-21-20(22)19(23)17-9-6-10-18(14-17)24-15-16-7-4-3-5-8-16/h3-11,13-14,19,23H,2,12,15H2,1H3. The van der Waals surface area contributed by atoms with E-state index in [1.807, 2.05) is 65.4 Å². The quantitative estimate of drug-likeness (QED) is 0.716. The Balaban J connectivity index is 1.73. The fourth-order valence-corrected chi connectivity index (χ4v) is 2.66. The summed E-state index contributed by atoms with van der Waals surface area (Å²) >= 11 is 0. The molecule has 0 saturated heterocycles. The third-order valence-electron chi connectivity index (χ3n) is 3.88. The lowest BCUT2D eigenvalue weighted by atomic mass is 10.1. The third kappa shape index (κ3) is 3.84. The van der Waals surface area contributed by atoms with E-state index in [1.165, 1.54) is 0 Å². The Hall–Kier alpha value is -2.59. The van der Waals surface area contributed by atoms with E-state index >= 15 is 0 Å². The van der Waals surface area contributed by atoms with E-state index in [-0.39, 0.29) is 0 Å². The van der Waals surface area contributed by atoms with Crippen molar-refractivity contribution in [3.8, 4) is 5.75 Å². The number of ether oxygens (including phenoxy) is 1. The van der Waals surface area contributed by atoms with Gasteiger partial charge >= 0.3 is 0 Å². The van der Waals surface area contributed by atoms with Gasteiger partial charge in [0.1, 0.15) is 24.3 Å². The Labute approximate surface area is 142 Å². The third-order valence-corrected chi connectivity index (χ3v) is 3.88. The summed E-state index contributed by atoms with van der Waals surface area (Å²) in [6.07, 6.45) is 3.87. The highest BCUT2D eigenvalue weighted by molar-refractivity contribution is 5.32. The molecule has 0 spiro atoms. The molecule has 4 nitrogen and oxygen atoms in total. The zero-order valence-corrected chi connectivity index (χ0v) is 13.8. The molecule has 1 N–H and O–H groups in total. The summed E-state index contributed by atoms with van der Waals surface area (Å²) < 4.78 is 7.83. The number of nitrogens with zero attached hydrogens (tertiary/aromatic N) is 2. The van der Waals surface area contributed by atoms with Crippen molar-refractivity contribution < 1.29 is 9.84 Å². The number of rotatable bonds is 7. The number of aromatic nitrogens is 2. The van der Waals surface area contributed by atoms with E-state index in [4.69, 9.17) is 4.74 Å². The van der Waals surface area contributed by atoms with Crippen LogP contribution in [0.1, 0.15) is 36.4 Å². The highest BCUT2D eigenvalue weighted by atomic mass is 16.5. The van der Waals surface area contributed by atoms with Gasteiger partial charge in [0, 0.05) is 18.9 Å². The number of aryl methyl sites for hydroxylation is 1. The van der Waals surface area contributed by atoms with Crippen LogP contribution in [-0.4, -0.2) is 14.7 Å². The molecule has 24 heavy (non-hydrogen) atoms. The SMILES string of the molecule is CCCn1ccnc1C(O)c1cccc(OCc2ccccc2)c1.